The number of amides is 1. The molecule has 97 heavy (non-hydrogen) atoms. The van der Waals surface area contributed by atoms with Crippen LogP contribution in [-0.4, -0.2) is 101 Å². The van der Waals surface area contributed by atoms with Gasteiger partial charge in [-0.1, -0.05) is 347 Å². The van der Waals surface area contributed by atoms with Crippen molar-refractivity contribution < 1.29 is 47.1 Å². The molecule has 1 aliphatic rings. The molecule has 1 heterocycles. The molecule has 1 saturated heterocycles. The molecule has 1 aliphatic heterocycles. The molecule has 542 valence electrons. The van der Waals surface area contributed by atoms with Gasteiger partial charge in [-0.2, -0.15) is 0 Å². The van der Waals surface area contributed by atoms with Gasteiger partial charge in [0.25, 0.3) is 0 Å². The van der Waals surface area contributed by atoms with Crippen LogP contribution in [0.3, 0.4) is 0 Å². The van der Waals surface area contributed by atoms with Crippen molar-refractivity contribution in [3.63, 3.8) is 0 Å². The predicted molar refractivity (Wildman–Crippen MR) is 399 cm³/mol. The van der Waals surface area contributed by atoms with Gasteiger partial charge in [-0.05, 0) is 41.7 Å². The maximum absolute atomic E-state index is 14.8. The summed E-state index contributed by atoms with van der Waals surface area (Å²) in [5, 5.41) is 28.5. The molecule has 0 saturated carbocycles. The van der Waals surface area contributed by atoms with E-state index in [4.69, 9.17) is 23.7 Å². The highest BCUT2D eigenvalue weighted by Crippen LogP contribution is 2.34. The number of nitrogens with zero attached hydrogens (tertiary/aromatic N) is 1. The molecule has 8 atom stereocenters. The number of rotatable bonds is 57. The zero-order chi connectivity index (χ0) is 68.8. The van der Waals surface area contributed by atoms with Crippen LogP contribution in [0.1, 0.15) is 268 Å². The van der Waals surface area contributed by atoms with Crippen molar-refractivity contribution in [2.75, 3.05) is 32.1 Å². The fourth-order valence-electron chi connectivity index (χ4n) is 13.6. The summed E-state index contributed by atoms with van der Waals surface area (Å²) in [4.78, 5) is 16.2. The van der Waals surface area contributed by atoms with Crippen molar-refractivity contribution in [1.82, 2.24) is 10.0 Å². The summed E-state index contributed by atoms with van der Waals surface area (Å²) in [7, 11) is -0.342. The second-order valence-corrected chi connectivity index (χ2v) is 29.7. The van der Waals surface area contributed by atoms with Gasteiger partial charge in [0, 0.05) is 43.5 Å². The minimum absolute atomic E-state index is 0.116. The lowest BCUT2D eigenvalue weighted by Crippen LogP contribution is -2.63. The third-order valence-corrected chi connectivity index (χ3v) is 21.0. The first-order chi connectivity index (χ1) is 47.5. The van der Waals surface area contributed by atoms with Crippen molar-refractivity contribution in [2.45, 2.75) is 325 Å². The van der Waals surface area contributed by atoms with E-state index in [9.17, 15) is 23.4 Å². The number of nitrogens with one attached hydrogen (secondary N) is 2. The quantitative estimate of drug-likeness (QED) is 0.0274. The number of hydrogen-bond acceptors (Lipinski definition) is 11. The average molecular weight is 1360 g/mol. The van der Waals surface area contributed by atoms with Crippen molar-refractivity contribution in [3.8, 4) is 0 Å². The van der Waals surface area contributed by atoms with Crippen molar-refractivity contribution >= 4 is 32.4 Å². The van der Waals surface area contributed by atoms with Crippen molar-refractivity contribution in [1.29, 1.82) is 0 Å². The number of ether oxygens (including phenoxy) is 5. The van der Waals surface area contributed by atoms with E-state index in [1.165, 1.54) is 173 Å². The van der Waals surface area contributed by atoms with Crippen LogP contribution in [0.5, 0.6) is 0 Å². The molecule has 1 amide bonds. The van der Waals surface area contributed by atoms with Gasteiger partial charge in [0.15, 0.2) is 6.29 Å². The molecule has 14 heteroatoms. The van der Waals surface area contributed by atoms with Crippen LogP contribution in [0.15, 0.2) is 132 Å². The van der Waals surface area contributed by atoms with E-state index < -0.39 is 59.0 Å². The minimum atomic E-state index is -4.20. The van der Waals surface area contributed by atoms with Crippen LogP contribution in [0.4, 0.5) is 5.69 Å². The normalized spacial score (nSPS) is 17.5. The maximum atomic E-state index is 14.8. The molecule has 0 radical (unpaired) electrons. The highest BCUT2D eigenvalue weighted by Gasteiger charge is 2.50. The molecular formula is C83H129N3O10S. The average Bonchev–Trinajstić information content (AvgIpc) is 0.784. The fourth-order valence-corrected chi connectivity index (χ4v) is 14.9. The Kier molecular flexibility index (Phi) is 41.7. The molecule has 5 aromatic rings. The molecule has 0 bridgehead atoms. The number of hydrogen-bond donors (Lipinski definition) is 4. The van der Waals surface area contributed by atoms with Gasteiger partial charge >= 0.3 is 0 Å². The van der Waals surface area contributed by atoms with E-state index in [0.29, 0.717) is 18.2 Å². The molecule has 0 unspecified atom stereocenters. The zero-order valence-electron chi connectivity index (χ0n) is 60.5. The topological polar surface area (TPSA) is 165 Å². The number of benzene rings is 5. The number of unbranched alkanes of at least 4 members (excludes halogenated alkanes) is 33. The Morgan fingerprint density at radius 2 is 0.856 bits per heavy atom. The van der Waals surface area contributed by atoms with Gasteiger partial charge in [0.1, 0.15) is 30.5 Å². The van der Waals surface area contributed by atoms with E-state index in [1.54, 1.807) is 12.1 Å². The number of aliphatic hydroxyl groups is 2. The van der Waals surface area contributed by atoms with Gasteiger partial charge < -0.3 is 44.1 Å². The molecule has 13 nitrogen and oxygen atoms in total. The lowest BCUT2D eigenvalue weighted by molar-refractivity contribution is -0.323. The van der Waals surface area contributed by atoms with Gasteiger partial charge in [0.05, 0.1) is 43.5 Å². The Morgan fingerprint density at radius 1 is 0.464 bits per heavy atom. The second-order valence-electron chi connectivity index (χ2n) is 28.0. The number of aliphatic hydroxyl groups excluding tert-OH is 2. The standard InChI is InChI=1S/C83H129N3O10S/c1-5-7-9-11-13-15-17-19-20-21-22-23-24-25-26-27-28-29-31-33-35-37-48-62-78(88)85-73(79(89)75(87)60-47-36-34-32-30-18-16-14-12-10-8-6-2)67-95-83-82(94-66-70-55-45-40-46-56-70)81(93-65-69-53-43-39-44-54-69)80(92-64-68-51-41-38-42-52-68)76(96-83)63-84-97(90,91)77-61-50-57-71-72(77)58-49-59-74(71)86(3)4/h38-46,49-59,61,73,75-76,79-84,87,89H,5-37,47-48,60,62-67H2,1-4H3,(H,85,88)/t73-,75+,76+,79-,80-,81-,82+,83-/m0/s1. The molecule has 1 fully saturated rings. The van der Waals surface area contributed by atoms with E-state index in [2.05, 4.69) is 23.9 Å². The molecule has 0 spiro atoms. The van der Waals surface area contributed by atoms with Gasteiger partial charge in [-0.3, -0.25) is 4.79 Å². The summed E-state index contributed by atoms with van der Waals surface area (Å²) in [5.41, 5.74) is 3.56. The molecular weight excluding hydrogens is 1230 g/mol. The van der Waals surface area contributed by atoms with Crippen molar-refractivity contribution in [2.24, 2.45) is 0 Å². The molecule has 5 aromatic carbocycles. The van der Waals surface area contributed by atoms with Gasteiger partial charge in [-0.25, -0.2) is 13.1 Å². The van der Waals surface area contributed by atoms with Crippen LogP contribution in [0.2, 0.25) is 0 Å². The smallest absolute Gasteiger partial charge is 0.241 e. The highest BCUT2D eigenvalue weighted by atomic mass is 32.2. The first kappa shape index (κ1) is 81.2. The monoisotopic (exact) mass is 1360 g/mol. The zero-order valence-corrected chi connectivity index (χ0v) is 61.3. The Bertz CT molecular complexity index is 2890. The Morgan fingerprint density at radius 3 is 1.30 bits per heavy atom. The van der Waals surface area contributed by atoms with Gasteiger partial charge in [0.2, 0.25) is 15.9 Å². The summed E-state index contributed by atoms with van der Waals surface area (Å²) >= 11 is 0. The summed E-state index contributed by atoms with van der Waals surface area (Å²) in [5.74, 6) is -0.230. The molecule has 0 aromatic heterocycles. The number of fused-ring (bicyclic) bond motifs is 1. The summed E-state index contributed by atoms with van der Waals surface area (Å²) in [6.45, 7) is 4.47. The van der Waals surface area contributed by atoms with Crippen molar-refractivity contribution in [3.05, 3.63) is 144 Å². The maximum Gasteiger partial charge on any atom is 0.241 e. The van der Waals surface area contributed by atoms with Crippen LogP contribution in [0.25, 0.3) is 10.8 Å². The third-order valence-electron chi connectivity index (χ3n) is 19.5. The Hall–Kier alpha value is -4.74. The Balaban J connectivity index is 1.13. The lowest BCUT2D eigenvalue weighted by atomic mass is 9.97. The predicted octanol–water partition coefficient (Wildman–Crippen LogP) is 19.4. The van der Waals surface area contributed by atoms with E-state index in [0.717, 1.165) is 72.7 Å². The molecule has 6 rings (SSSR count). The minimum Gasteiger partial charge on any atom is -0.390 e. The van der Waals surface area contributed by atoms with Crippen LogP contribution in [-0.2, 0) is 58.3 Å². The van der Waals surface area contributed by atoms with Crippen LogP contribution < -0.4 is 14.9 Å². The summed E-state index contributed by atoms with van der Waals surface area (Å²) in [6, 6.07) is 39.2. The van der Waals surface area contributed by atoms with E-state index in [-0.39, 0.29) is 50.2 Å². The second kappa shape index (κ2) is 49.7. The summed E-state index contributed by atoms with van der Waals surface area (Å²) < 4.78 is 67.2. The first-order valence-corrected chi connectivity index (χ1v) is 40.0. The SMILES string of the molecule is CCCCCCCCCCCCCCCCCCCCCCCCCC(=O)N[C@@H](CO[C@H]1O[C@H](CNS(=O)(=O)c2cccc3c(N(C)C)cccc23)[C@H](OCc2ccccc2)[C@H](OCc2ccccc2)[C@H]1OCc1ccccc1)[C@H](O)[C@H](O)CCCCCCCCCCCCCC. The summed E-state index contributed by atoms with van der Waals surface area (Å²) in [6.07, 6.45) is 36.9. The molecule has 0 aliphatic carbocycles. The van der Waals surface area contributed by atoms with Crippen LogP contribution >= 0.6 is 0 Å². The number of carbonyl (C=O) groups excluding carboxylic acids is 1. The van der Waals surface area contributed by atoms with E-state index >= 15 is 0 Å². The highest BCUT2D eigenvalue weighted by molar-refractivity contribution is 7.89. The fraction of sp³-hybridized carbons (Fsp3) is 0.651. The lowest BCUT2D eigenvalue weighted by Gasteiger charge is -2.46. The first-order valence-electron chi connectivity index (χ1n) is 38.6. The third kappa shape index (κ3) is 32.2. The largest absolute Gasteiger partial charge is 0.390 e. The van der Waals surface area contributed by atoms with Crippen LogP contribution in [0, 0.1) is 0 Å². The van der Waals surface area contributed by atoms with E-state index in [1.807, 2.05) is 134 Å². The molecule has 4 N–H and O–H groups in total. The number of anilines is 1. The van der Waals surface area contributed by atoms with Gasteiger partial charge in [-0.15, -0.1) is 0 Å². The number of carbonyl (C=O) groups is 1. The number of sulfonamides is 1. The Labute approximate surface area is 587 Å².